The van der Waals surface area contributed by atoms with Gasteiger partial charge >= 0.3 is 5.97 Å². The number of benzene rings is 2. The molecule has 3 N–H and O–H groups in total. The summed E-state index contributed by atoms with van der Waals surface area (Å²) in [5.74, 6) is -0.878. The van der Waals surface area contributed by atoms with Crippen LogP contribution in [0.15, 0.2) is 42.5 Å². The van der Waals surface area contributed by atoms with E-state index in [1.54, 1.807) is 24.3 Å². The molecule has 2 aromatic carbocycles. The van der Waals surface area contributed by atoms with Crippen LogP contribution in [0, 0.1) is 5.82 Å². The van der Waals surface area contributed by atoms with Crippen LogP contribution in [-0.4, -0.2) is 24.2 Å². The second-order valence-electron chi connectivity index (χ2n) is 4.69. The first kappa shape index (κ1) is 15.0. The average Bonchev–Trinajstić information content (AvgIpc) is 2.49. The normalized spacial score (nSPS) is 12.0. The maximum Gasteiger partial charge on any atom is 0.322 e. The highest BCUT2D eigenvalue weighted by Crippen LogP contribution is 2.29. The lowest BCUT2D eigenvalue weighted by molar-refractivity contribution is -0.142. The third-order valence-corrected chi connectivity index (χ3v) is 3.18. The number of hydrogen-bond acceptors (Lipinski definition) is 4. The minimum absolute atomic E-state index is 0.00964. The smallest absolute Gasteiger partial charge is 0.322 e. The Morgan fingerprint density at radius 1 is 1.29 bits per heavy atom. The number of hydrogen-bond donors (Lipinski definition) is 2. The van der Waals surface area contributed by atoms with Gasteiger partial charge in [-0.1, -0.05) is 24.3 Å². The molecule has 4 nitrogen and oxygen atoms in total. The Labute approximate surface area is 122 Å². The number of aromatic hydroxyl groups is 1. The van der Waals surface area contributed by atoms with Crippen LogP contribution in [0.25, 0.3) is 11.1 Å². The topological polar surface area (TPSA) is 72.5 Å². The van der Waals surface area contributed by atoms with Crippen LogP contribution in [0.4, 0.5) is 4.39 Å². The van der Waals surface area contributed by atoms with Crippen molar-refractivity contribution in [2.45, 2.75) is 12.5 Å². The van der Waals surface area contributed by atoms with Crippen molar-refractivity contribution in [3.63, 3.8) is 0 Å². The van der Waals surface area contributed by atoms with Crippen molar-refractivity contribution < 1.29 is 19.0 Å². The third kappa shape index (κ3) is 3.58. The Bertz CT molecular complexity index is 640. The van der Waals surface area contributed by atoms with Crippen molar-refractivity contribution >= 4 is 5.97 Å². The van der Waals surface area contributed by atoms with E-state index in [-0.39, 0.29) is 5.75 Å². The highest BCUT2D eigenvalue weighted by atomic mass is 19.1. The lowest BCUT2D eigenvalue weighted by Crippen LogP contribution is -2.33. The van der Waals surface area contributed by atoms with Crippen LogP contribution in [-0.2, 0) is 16.0 Å². The molecule has 2 rings (SSSR count). The van der Waals surface area contributed by atoms with E-state index in [0.717, 1.165) is 5.56 Å². The summed E-state index contributed by atoms with van der Waals surface area (Å²) in [6.07, 6.45) is 0.349. The molecule has 0 spiro atoms. The molecule has 0 saturated carbocycles. The van der Waals surface area contributed by atoms with Gasteiger partial charge in [-0.3, -0.25) is 4.79 Å². The van der Waals surface area contributed by atoms with E-state index in [4.69, 9.17) is 5.73 Å². The molecule has 2 aromatic rings. The molecule has 0 aliphatic carbocycles. The lowest BCUT2D eigenvalue weighted by atomic mass is 10.00. The summed E-state index contributed by atoms with van der Waals surface area (Å²) in [5, 5.41) is 9.76. The molecule has 0 amide bonds. The predicted octanol–water partition coefficient (Wildman–Crippen LogP) is 2.24. The molecule has 21 heavy (non-hydrogen) atoms. The number of nitrogens with two attached hydrogens (primary N) is 1. The molecule has 0 unspecified atom stereocenters. The first-order valence-corrected chi connectivity index (χ1v) is 6.42. The number of phenolic OH excluding ortho intramolecular Hbond substituents is 1. The molecule has 1 atom stereocenters. The van der Waals surface area contributed by atoms with E-state index in [9.17, 15) is 14.3 Å². The molecule has 0 aliphatic rings. The number of ether oxygens (including phenoxy) is 1. The Morgan fingerprint density at radius 3 is 2.57 bits per heavy atom. The Balaban J connectivity index is 2.19. The summed E-state index contributed by atoms with van der Waals surface area (Å²) in [6, 6.07) is 10.1. The molecule has 0 aromatic heterocycles. The molecular weight excluding hydrogens is 273 g/mol. The standard InChI is InChI=1S/C16H16FNO3/c1-21-16(20)14(18)8-10-2-4-11(5-3-10)13-9-12(17)6-7-15(13)19/h2-7,9,14,19H,8,18H2,1H3/t14-/m1/s1. The zero-order chi connectivity index (χ0) is 15.4. The van der Waals surface area contributed by atoms with E-state index >= 15 is 0 Å². The Hall–Kier alpha value is -2.40. The highest BCUT2D eigenvalue weighted by molar-refractivity contribution is 5.76. The Morgan fingerprint density at radius 2 is 1.95 bits per heavy atom. The Kier molecular flexibility index (Phi) is 4.55. The van der Waals surface area contributed by atoms with E-state index < -0.39 is 17.8 Å². The monoisotopic (exact) mass is 289 g/mol. The fourth-order valence-corrected chi connectivity index (χ4v) is 2.05. The quantitative estimate of drug-likeness (QED) is 0.847. The summed E-state index contributed by atoms with van der Waals surface area (Å²) in [7, 11) is 1.29. The van der Waals surface area contributed by atoms with Crippen molar-refractivity contribution in [3.8, 4) is 16.9 Å². The van der Waals surface area contributed by atoms with Gasteiger partial charge in [0, 0.05) is 5.56 Å². The second-order valence-corrected chi connectivity index (χ2v) is 4.69. The SMILES string of the molecule is COC(=O)[C@H](N)Cc1ccc(-c2cc(F)ccc2O)cc1. The largest absolute Gasteiger partial charge is 0.507 e. The number of phenols is 1. The summed E-state index contributed by atoms with van der Waals surface area (Å²) in [4.78, 5) is 11.3. The number of halogens is 1. The van der Waals surface area contributed by atoms with Crippen LogP contribution in [0.3, 0.4) is 0 Å². The van der Waals surface area contributed by atoms with Crippen LogP contribution >= 0.6 is 0 Å². The van der Waals surface area contributed by atoms with Gasteiger partial charge in [0.05, 0.1) is 7.11 Å². The molecule has 0 saturated heterocycles. The van der Waals surface area contributed by atoms with Gasteiger partial charge < -0.3 is 15.6 Å². The zero-order valence-electron chi connectivity index (χ0n) is 11.5. The molecular formula is C16H16FNO3. The van der Waals surface area contributed by atoms with Gasteiger partial charge in [0.25, 0.3) is 0 Å². The van der Waals surface area contributed by atoms with Gasteiger partial charge in [0.1, 0.15) is 17.6 Å². The zero-order valence-corrected chi connectivity index (χ0v) is 11.5. The molecule has 0 heterocycles. The molecule has 0 aliphatic heterocycles. The average molecular weight is 289 g/mol. The number of carbonyl (C=O) groups excluding carboxylic acids is 1. The van der Waals surface area contributed by atoms with Crippen LogP contribution in [0.2, 0.25) is 0 Å². The predicted molar refractivity (Wildman–Crippen MR) is 77.2 cm³/mol. The molecule has 0 bridgehead atoms. The van der Waals surface area contributed by atoms with Gasteiger partial charge in [-0.15, -0.1) is 0 Å². The van der Waals surface area contributed by atoms with Crippen LogP contribution in [0.5, 0.6) is 5.75 Å². The van der Waals surface area contributed by atoms with Crippen LogP contribution < -0.4 is 5.73 Å². The number of methoxy groups -OCH3 is 1. The first-order valence-electron chi connectivity index (χ1n) is 6.42. The molecule has 110 valence electrons. The van der Waals surface area contributed by atoms with Crippen molar-refractivity contribution in [2.75, 3.05) is 7.11 Å². The summed E-state index contributed by atoms with van der Waals surface area (Å²) in [5.41, 5.74) is 7.64. The van der Waals surface area contributed by atoms with E-state index in [1.165, 1.54) is 25.3 Å². The minimum atomic E-state index is -0.719. The van der Waals surface area contributed by atoms with E-state index in [2.05, 4.69) is 4.74 Å². The summed E-state index contributed by atoms with van der Waals surface area (Å²) in [6.45, 7) is 0. The van der Waals surface area contributed by atoms with Gasteiger partial charge in [-0.25, -0.2) is 4.39 Å². The number of rotatable bonds is 4. The minimum Gasteiger partial charge on any atom is -0.507 e. The van der Waals surface area contributed by atoms with Gasteiger partial charge in [0.15, 0.2) is 0 Å². The summed E-state index contributed by atoms with van der Waals surface area (Å²) >= 11 is 0. The highest BCUT2D eigenvalue weighted by Gasteiger charge is 2.14. The third-order valence-electron chi connectivity index (χ3n) is 3.18. The van der Waals surface area contributed by atoms with Gasteiger partial charge in [0.2, 0.25) is 0 Å². The van der Waals surface area contributed by atoms with E-state index in [0.29, 0.717) is 17.5 Å². The molecule has 5 heteroatoms. The molecule has 0 radical (unpaired) electrons. The van der Waals surface area contributed by atoms with Gasteiger partial charge in [-0.2, -0.15) is 0 Å². The van der Waals surface area contributed by atoms with Crippen molar-refractivity contribution in [1.29, 1.82) is 0 Å². The van der Waals surface area contributed by atoms with Crippen LogP contribution in [0.1, 0.15) is 5.56 Å². The van der Waals surface area contributed by atoms with Crippen molar-refractivity contribution in [2.24, 2.45) is 5.73 Å². The van der Waals surface area contributed by atoms with Gasteiger partial charge in [-0.05, 0) is 35.7 Å². The first-order chi connectivity index (χ1) is 10.0. The molecule has 0 fully saturated rings. The van der Waals surface area contributed by atoms with Crippen molar-refractivity contribution in [3.05, 3.63) is 53.8 Å². The fourth-order valence-electron chi connectivity index (χ4n) is 2.05. The number of carbonyl (C=O) groups is 1. The van der Waals surface area contributed by atoms with E-state index in [1.807, 2.05) is 0 Å². The lowest BCUT2D eigenvalue weighted by Gasteiger charge is -2.10. The summed E-state index contributed by atoms with van der Waals surface area (Å²) < 4.78 is 17.8. The fraction of sp³-hybridized carbons (Fsp3) is 0.188. The number of esters is 1. The second kappa shape index (κ2) is 6.37. The maximum absolute atomic E-state index is 13.2. The maximum atomic E-state index is 13.2. The van der Waals surface area contributed by atoms with Crippen molar-refractivity contribution in [1.82, 2.24) is 0 Å².